The van der Waals surface area contributed by atoms with Crippen molar-refractivity contribution in [3.05, 3.63) is 58.4 Å². The monoisotopic (exact) mass is 516 g/mol. The lowest BCUT2D eigenvalue weighted by atomic mass is 9.93. The van der Waals surface area contributed by atoms with Crippen molar-refractivity contribution in [3.8, 4) is 24.1 Å². The number of nitrogens with zero attached hydrogens (tertiary/aromatic N) is 3. The summed E-state index contributed by atoms with van der Waals surface area (Å²) in [6, 6.07) is 5.10. The van der Waals surface area contributed by atoms with Gasteiger partial charge in [-0.2, -0.15) is 9.97 Å². The lowest BCUT2D eigenvalue weighted by molar-refractivity contribution is -0.126. The Labute approximate surface area is 216 Å². The molecule has 38 heavy (non-hydrogen) atoms. The number of phenols is 1. The average Bonchev–Trinajstić information content (AvgIpc) is 3.47. The van der Waals surface area contributed by atoms with E-state index in [4.69, 9.17) is 11.2 Å². The summed E-state index contributed by atoms with van der Waals surface area (Å²) in [6.07, 6.45) is 7.16. The summed E-state index contributed by atoms with van der Waals surface area (Å²) < 4.78 is 36.1. The fourth-order valence-electron chi connectivity index (χ4n) is 5.08. The van der Waals surface area contributed by atoms with Crippen LogP contribution in [0.4, 0.5) is 14.6 Å². The van der Waals surface area contributed by atoms with Gasteiger partial charge < -0.3 is 14.7 Å². The maximum atomic E-state index is 16.3. The molecule has 10 heteroatoms. The molecule has 8 nitrogen and oxygen atoms in total. The molecule has 2 aromatic carbocycles. The minimum Gasteiger partial charge on any atom is -0.508 e. The second-order valence-corrected chi connectivity index (χ2v) is 9.01. The quantitative estimate of drug-likeness (QED) is 0.402. The molecule has 0 aliphatic carbocycles. The number of anilines is 1. The van der Waals surface area contributed by atoms with Crippen LogP contribution in [0.2, 0.25) is 0 Å². The van der Waals surface area contributed by atoms with Crippen molar-refractivity contribution in [2.45, 2.75) is 6.92 Å². The average molecular weight is 517 g/mol. The molecule has 0 bridgehead atoms. The highest BCUT2D eigenvalue weighted by molar-refractivity contribution is 6.07. The zero-order valence-electron chi connectivity index (χ0n) is 20.5. The molecule has 0 saturated carbocycles. The Morgan fingerprint density at radius 1 is 1.26 bits per heavy atom. The molecule has 2 aliphatic rings. The van der Waals surface area contributed by atoms with E-state index in [1.54, 1.807) is 17.9 Å². The summed E-state index contributed by atoms with van der Waals surface area (Å²) in [4.78, 5) is 34.7. The summed E-state index contributed by atoms with van der Waals surface area (Å²) in [5.41, 5.74) is -0.207. The molecule has 2 amide bonds. The predicted molar refractivity (Wildman–Crippen MR) is 137 cm³/mol. The molecule has 2 atom stereocenters. The number of nitrogens with one attached hydrogen (secondary N) is 1. The van der Waals surface area contributed by atoms with Gasteiger partial charge in [0.05, 0.1) is 24.5 Å². The van der Waals surface area contributed by atoms with Crippen LogP contribution in [0.1, 0.15) is 18.1 Å². The molecule has 1 aromatic heterocycles. The first-order valence-corrected chi connectivity index (χ1v) is 11.7. The number of hydrogen-bond acceptors (Lipinski definition) is 7. The molecule has 0 spiro atoms. The van der Waals surface area contributed by atoms with Gasteiger partial charge in [0, 0.05) is 29.3 Å². The van der Waals surface area contributed by atoms with E-state index in [2.05, 4.69) is 27.8 Å². The Morgan fingerprint density at radius 2 is 1.95 bits per heavy atom. The number of amides is 2. The van der Waals surface area contributed by atoms with Crippen molar-refractivity contribution in [2.75, 3.05) is 25.1 Å². The van der Waals surface area contributed by atoms with Crippen LogP contribution < -0.4 is 25.5 Å². The molecule has 2 N–H and O–H groups in total. The van der Waals surface area contributed by atoms with Crippen molar-refractivity contribution in [2.24, 2.45) is 11.8 Å². The molecule has 3 aromatic rings. The SMILES string of the molecule is C#Cc1c(F)ccc2cc(O)cc(C(=C)/C(F)=c3/nc(OC)nc(N4CC5C(=O)NC(=O)C5C4)/c3=C/C)c12. The van der Waals surface area contributed by atoms with Crippen molar-refractivity contribution >= 4 is 45.9 Å². The van der Waals surface area contributed by atoms with Gasteiger partial charge in [0.15, 0.2) is 5.83 Å². The van der Waals surface area contributed by atoms with E-state index in [1.807, 2.05) is 0 Å². The standard InChI is InChI=1S/C28H22F2N4O4/c1-5-16-21(29)8-7-14-9-15(35)10-18(22(14)16)13(3)23(30)24-17(6-2)25(32-28(31-24)38-4)34-11-19-20(12-34)27(37)33-26(19)36/h1,6-10,19-20,35H,3,11-12H2,2,4H3,(H,33,36,37)/b17-6+,24-23-. The van der Waals surface area contributed by atoms with Crippen molar-refractivity contribution < 1.29 is 28.2 Å². The van der Waals surface area contributed by atoms with Gasteiger partial charge in [0.2, 0.25) is 11.8 Å². The second kappa shape index (κ2) is 9.27. The van der Waals surface area contributed by atoms with Crippen LogP contribution in [0.15, 0.2) is 30.8 Å². The largest absolute Gasteiger partial charge is 0.508 e. The Kier molecular flexibility index (Phi) is 6.07. The molecule has 5 rings (SSSR count). The van der Waals surface area contributed by atoms with E-state index in [-0.39, 0.29) is 75.1 Å². The van der Waals surface area contributed by atoms with Gasteiger partial charge in [-0.15, -0.1) is 6.42 Å². The first-order valence-electron chi connectivity index (χ1n) is 11.7. The van der Waals surface area contributed by atoms with E-state index in [0.29, 0.717) is 5.39 Å². The first-order chi connectivity index (χ1) is 18.2. The molecule has 2 fully saturated rings. The third-order valence-electron chi connectivity index (χ3n) is 6.91. The summed E-state index contributed by atoms with van der Waals surface area (Å²) in [5, 5.41) is 13.4. The zero-order chi connectivity index (χ0) is 27.3. The summed E-state index contributed by atoms with van der Waals surface area (Å²) in [6.45, 7) is 5.95. The van der Waals surface area contributed by atoms with E-state index in [0.717, 1.165) is 0 Å². The van der Waals surface area contributed by atoms with Crippen LogP contribution in [0.3, 0.4) is 0 Å². The predicted octanol–water partition coefficient (Wildman–Crippen LogP) is 1.76. The molecule has 2 unspecified atom stereocenters. The van der Waals surface area contributed by atoms with Crippen LogP contribution in [0, 0.1) is 30.0 Å². The summed E-state index contributed by atoms with van der Waals surface area (Å²) >= 11 is 0. The van der Waals surface area contributed by atoms with Gasteiger partial charge in [-0.3, -0.25) is 14.9 Å². The number of benzene rings is 2. The number of halogens is 2. The number of rotatable bonds is 4. The van der Waals surface area contributed by atoms with Gasteiger partial charge in [0.25, 0.3) is 0 Å². The van der Waals surface area contributed by atoms with Gasteiger partial charge in [-0.1, -0.05) is 24.6 Å². The normalized spacial score (nSPS) is 19.9. The lowest BCUT2D eigenvalue weighted by Gasteiger charge is -2.19. The Bertz CT molecular complexity index is 1710. The number of imide groups is 1. The Morgan fingerprint density at radius 3 is 2.55 bits per heavy atom. The number of carbonyl (C=O) groups excluding carboxylic acids is 2. The topological polar surface area (TPSA) is 105 Å². The summed E-state index contributed by atoms with van der Waals surface area (Å²) in [5.74, 6) is -0.972. The van der Waals surface area contributed by atoms with E-state index in [9.17, 15) is 19.1 Å². The molecule has 2 saturated heterocycles. The van der Waals surface area contributed by atoms with E-state index in [1.165, 1.54) is 31.4 Å². The number of methoxy groups -OCH3 is 1. The fraction of sp³-hybridized carbons (Fsp3) is 0.214. The molecular weight excluding hydrogens is 494 g/mol. The van der Waals surface area contributed by atoms with Crippen LogP contribution >= 0.6 is 0 Å². The van der Waals surface area contributed by atoms with Gasteiger partial charge in [-0.25, -0.2) is 8.78 Å². The first kappa shape index (κ1) is 24.9. The van der Waals surface area contributed by atoms with E-state index >= 15 is 4.39 Å². The number of ether oxygens (including phenoxy) is 1. The van der Waals surface area contributed by atoms with Crippen molar-refractivity contribution in [3.63, 3.8) is 0 Å². The maximum Gasteiger partial charge on any atom is 0.318 e. The maximum absolute atomic E-state index is 16.3. The number of terminal acetylenes is 1. The lowest BCUT2D eigenvalue weighted by Crippen LogP contribution is -2.40. The number of hydrogen-bond donors (Lipinski definition) is 2. The highest BCUT2D eigenvalue weighted by Gasteiger charge is 2.48. The molecule has 3 heterocycles. The highest BCUT2D eigenvalue weighted by Crippen LogP contribution is 2.36. The number of phenolic OH excluding ortho intramolecular Hbond substituents is 1. The van der Waals surface area contributed by atoms with E-state index < -0.39 is 23.5 Å². The minimum atomic E-state index is -0.882. The molecular formula is C28H22F2N4O4. The number of carbonyl (C=O) groups is 2. The van der Waals surface area contributed by atoms with Gasteiger partial charge in [-0.05, 0) is 36.1 Å². The van der Waals surface area contributed by atoms with Gasteiger partial charge >= 0.3 is 6.01 Å². The molecule has 2 aliphatic heterocycles. The third-order valence-corrected chi connectivity index (χ3v) is 6.91. The number of allylic oxidation sites excluding steroid dienone is 1. The number of aromatic hydroxyl groups is 1. The summed E-state index contributed by atoms with van der Waals surface area (Å²) in [7, 11) is 1.32. The number of fused-ring (bicyclic) bond motifs is 2. The highest BCUT2D eigenvalue weighted by atomic mass is 19.1. The zero-order valence-corrected chi connectivity index (χ0v) is 20.5. The van der Waals surface area contributed by atoms with Crippen LogP contribution in [0.5, 0.6) is 11.8 Å². The van der Waals surface area contributed by atoms with Crippen LogP contribution in [-0.2, 0) is 9.59 Å². The van der Waals surface area contributed by atoms with Gasteiger partial charge in [0.1, 0.15) is 22.7 Å². The van der Waals surface area contributed by atoms with Crippen molar-refractivity contribution in [1.29, 1.82) is 0 Å². The fourth-order valence-corrected chi connectivity index (χ4v) is 5.08. The Balaban J connectivity index is 1.73. The van der Waals surface area contributed by atoms with Crippen LogP contribution in [0.25, 0.3) is 28.2 Å². The molecule has 0 radical (unpaired) electrons. The number of aromatic nitrogens is 2. The van der Waals surface area contributed by atoms with Crippen LogP contribution in [-0.4, -0.2) is 47.1 Å². The second-order valence-electron chi connectivity index (χ2n) is 9.01. The third kappa shape index (κ3) is 3.84. The van der Waals surface area contributed by atoms with Crippen molar-refractivity contribution in [1.82, 2.24) is 15.3 Å². The molecule has 192 valence electrons. The minimum absolute atomic E-state index is 0.0871. The Hall–Kier alpha value is -4.78. The smallest absolute Gasteiger partial charge is 0.318 e.